The molecule has 1 N–H and O–H groups in total. The highest BCUT2D eigenvalue weighted by molar-refractivity contribution is 9.12. The molecule has 0 rings (SSSR count). The topological polar surface area (TPSA) is 63.6 Å². The van der Waals surface area contributed by atoms with Crippen molar-refractivity contribution in [3.05, 3.63) is 10.1 Å². The van der Waals surface area contributed by atoms with Gasteiger partial charge in [-0.1, -0.05) is 52.4 Å². The standard InChI is InChI=1S/C16H27BrO4/c1-3-5-7-9-11-13(15(18)19)14(17)16(20)21-12-10-8-6-4-2/h3-12H2,1-2H3,(H,18,19). The minimum Gasteiger partial charge on any atom is -0.478 e. The normalized spacial score (nSPS) is 12.0. The number of hydrogen-bond donors (Lipinski definition) is 1. The Morgan fingerprint density at radius 3 is 2.05 bits per heavy atom. The van der Waals surface area contributed by atoms with E-state index in [1.165, 1.54) is 0 Å². The van der Waals surface area contributed by atoms with E-state index >= 15 is 0 Å². The number of ether oxygens (including phenoxy) is 1. The van der Waals surface area contributed by atoms with Crippen LogP contribution in [0.25, 0.3) is 0 Å². The summed E-state index contributed by atoms with van der Waals surface area (Å²) in [6, 6.07) is 0. The maximum atomic E-state index is 11.8. The Balaban J connectivity index is 4.34. The second-order valence-electron chi connectivity index (χ2n) is 5.10. The molecule has 0 aromatic heterocycles. The third kappa shape index (κ3) is 9.67. The predicted octanol–water partition coefficient (Wildman–Crippen LogP) is 4.81. The van der Waals surface area contributed by atoms with Crippen LogP contribution in [0.2, 0.25) is 0 Å². The van der Waals surface area contributed by atoms with E-state index in [9.17, 15) is 14.7 Å². The smallest absolute Gasteiger partial charge is 0.345 e. The molecule has 0 spiro atoms. The maximum Gasteiger partial charge on any atom is 0.345 e. The van der Waals surface area contributed by atoms with Gasteiger partial charge in [-0.2, -0.15) is 0 Å². The van der Waals surface area contributed by atoms with Crippen LogP contribution in [0, 0.1) is 0 Å². The molecule has 0 heterocycles. The number of carbonyl (C=O) groups is 2. The van der Waals surface area contributed by atoms with E-state index in [1.54, 1.807) is 0 Å². The summed E-state index contributed by atoms with van der Waals surface area (Å²) < 4.78 is 5.16. The number of unbranched alkanes of at least 4 members (excludes halogenated alkanes) is 6. The highest BCUT2D eigenvalue weighted by Crippen LogP contribution is 2.20. The molecular weight excluding hydrogens is 336 g/mol. The largest absolute Gasteiger partial charge is 0.478 e. The van der Waals surface area contributed by atoms with Crippen molar-refractivity contribution < 1.29 is 19.4 Å². The van der Waals surface area contributed by atoms with Gasteiger partial charge in [0.2, 0.25) is 0 Å². The highest BCUT2D eigenvalue weighted by atomic mass is 79.9. The third-order valence-corrected chi connectivity index (χ3v) is 4.02. The third-order valence-electron chi connectivity index (χ3n) is 3.21. The van der Waals surface area contributed by atoms with Crippen LogP contribution < -0.4 is 0 Å². The number of carboxylic acid groups (broad SMARTS) is 1. The van der Waals surface area contributed by atoms with Crippen molar-refractivity contribution in [1.82, 2.24) is 0 Å². The van der Waals surface area contributed by atoms with E-state index < -0.39 is 11.9 Å². The summed E-state index contributed by atoms with van der Waals surface area (Å²) in [5.74, 6) is -1.62. The minimum atomic E-state index is -1.05. The van der Waals surface area contributed by atoms with E-state index in [2.05, 4.69) is 29.8 Å². The van der Waals surface area contributed by atoms with Gasteiger partial charge in [-0.3, -0.25) is 0 Å². The van der Waals surface area contributed by atoms with Crippen molar-refractivity contribution in [2.24, 2.45) is 0 Å². The Morgan fingerprint density at radius 2 is 1.52 bits per heavy atom. The van der Waals surface area contributed by atoms with Gasteiger partial charge < -0.3 is 9.84 Å². The summed E-state index contributed by atoms with van der Waals surface area (Å²) in [6.07, 6.45) is 8.38. The fourth-order valence-electron chi connectivity index (χ4n) is 1.92. The molecule has 0 amide bonds. The lowest BCUT2D eigenvalue weighted by Gasteiger charge is -2.08. The Hall–Kier alpha value is -0.840. The molecule has 0 saturated carbocycles. The van der Waals surface area contributed by atoms with Gasteiger partial charge in [0.15, 0.2) is 0 Å². The molecule has 4 nitrogen and oxygen atoms in total. The van der Waals surface area contributed by atoms with E-state index in [0.717, 1.165) is 51.4 Å². The first-order valence-electron chi connectivity index (χ1n) is 7.83. The highest BCUT2D eigenvalue weighted by Gasteiger charge is 2.19. The number of esters is 1. The lowest BCUT2D eigenvalue weighted by molar-refractivity contribution is -0.139. The molecule has 0 atom stereocenters. The van der Waals surface area contributed by atoms with Crippen LogP contribution in [-0.4, -0.2) is 23.7 Å². The molecule has 0 aromatic carbocycles. The zero-order valence-electron chi connectivity index (χ0n) is 13.1. The molecule has 0 fully saturated rings. The molecular formula is C16H27BrO4. The quantitative estimate of drug-likeness (QED) is 0.307. The van der Waals surface area contributed by atoms with Gasteiger partial charge in [0.05, 0.1) is 12.2 Å². The average molecular weight is 363 g/mol. The summed E-state index contributed by atoms with van der Waals surface area (Å²) in [6.45, 7) is 4.56. The van der Waals surface area contributed by atoms with Gasteiger partial charge >= 0.3 is 11.9 Å². The molecule has 21 heavy (non-hydrogen) atoms. The van der Waals surface area contributed by atoms with Crippen molar-refractivity contribution in [1.29, 1.82) is 0 Å². The van der Waals surface area contributed by atoms with Crippen LogP contribution in [-0.2, 0) is 14.3 Å². The zero-order valence-corrected chi connectivity index (χ0v) is 14.7. The first-order chi connectivity index (χ1) is 10.0. The summed E-state index contributed by atoms with van der Waals surface area (Å²) in [4.78, 5) is 23.0. The zero-order chi connectivity index (χ0) is 16.1. The van der Waals surface area contributed by atoms with Crippen LogP contribution in [0.4, 0.5) is 0 Å². The van der Waals surface area contributed by atoms with Crippen LogP contribution >= 0.6 is 15.9 Å². The summed E-state index contributed by atoms with van der Waals surface area (Å²) in [5.41, 5.74) is 0.115. The van der Waals surface area contributed by atoms with Gasteiger partial charge in [-0.15, -0.1) is 0 Å². The number of aliphatic carboxylic acids is 1. The van der Waals surface area contributed by atoms with Crippen molar-refractivity contribution in [2.75, 3.05) is 6.61 Å². The van der Waals surface area contributed by atoms with Crippen LogP contribution in [0.1, 0.15) is 71.6 Å². The summed E-state index contributed by atoms with van der Waals surface area (Å²) >= 11 is 3.09. The van der Waals surface area contributed by atoms with E-state index in [4.69, 9.17) is 4.74 Å². The van der Waals surface area contributed by atoms with E-state index in [1.807, 2.05) is 0 Å². The maximum absolute atomic E-state index is 11.8. The Kier molecular flexibility index (Phi) is 12.4. The van der Waals surface area contributed by atoms with Crippen LogP contribution in [0.3, 0.4) is 0 Å². The molecule has 122 valence electrons. The molecule has 5 heteroatoms. The second-order valence-corrected chi connectivity index (χ2v) is 5.90. The van der Waals surface area contributed by atoms with Crippen molar-refractivity contribution in [3.8, 4) is 0 Å². The minimum absolute atomic E-state index is 0.0574. The van der Waals surface area contributed by atoms with E-state index in [-0.39, 0.29) is 10.1 Å². The van der Waals surface area contributed by atoms with Gasteiger partial charge in [-0.25, -0.2) is 9.59 Å². The van der Waals surface area contributed by atoms with Crippen molar-refractivity contribution in [3.63, 3.8) is 0 Å². The molecule has 0 aliphatic rings. The van der Waals surface area contributed by atoms with Crippen molar-refractivity contribution in [2.45, 2.75) is 71.6 Å². The number of carbonyl (C=O) groups excluding carboxylic acids is 1. The Morgan fingerprint density at radius 1 is 0.952 bits per heavy atom. The monoisotopic (exact) mass is 362 g/mol. The molecule has 0 aromatic rings. The molecule has 0 unspecified atom stereocenters. The van der Waals surface area contributed by atoms with Crippen molar-refractivity contribution >= 4 is 27.9 Å². The number of halogens is 1. The molecule has 0 aliphatic heterocycles. The van der Waals surface area contributed by atoms with Crippen LogP contribution in [0.15, 0.2) is 10.1 Å². The Bertz CT molecular complexity index is 350. The van der Waals surface area contributed by atoms with Crippen LogP contribution in [0.5, 0.6) is 0 Å². The first-order valence-corrected chi connectivity index (χ1v) is 8.62. The fourth-order valence-corrected chi connectivity index (χ4v) is 2.40. The number of hydrogen-bond acceptors (Lipinski definition) is 3. The van der Waals surface area contributed by atoms with Gasteiger partial charge in [-0.05, 0) is 35.2 Å². The predicted molar refractivity (Wildman–Crippen MR) is 87.4 cm³/mol. The second kappa shape index (κ2) is 12.9. The lowest BCUT2D eigenvalue weighted by Crippen LogP contribution is -2.12. The summed E-state index contributed by atoms with van der Waals surface area (Å²) in [7, 11) is 0. The molecule has 0 bridgehead atoms. The molecule has 0 aliphatic carbocycles. The molecule has 0 radical (unpaired) electrons. The Labute approximate surface area is 136 Å². The first kappa shape index (κ1) is 20.2. The molecule has 0 saturated heterocycles. The average Bonchev–Trinajstić information content (AvgIpc) is 2.45. The SMILES string of the molecule is CCCCCCOC(=O)C(Br)=C(CCCCCC)C(=O)O. The number of carboxylic acids is 1. The number of rotatable bonds is 12. The van der Waals surface area contributed by atoms with Gasteiger partial charge in [0.1, 0.15) is 4.48 Å². The van der Waals surface area contributed by atoms with Gasteiger partial charge in [0, 0.05) is 0 Å². The van der Waals surface area contributed by atoms with E-state index in [0.29, 0.717) is 13.0 Å². The lowest BCUT2D eigenvalue weighted by atomic mass is 10.1. The fraction of sp³-hybridized carbons (Fsp3) is 0.750. The van der Waals surface area contributed by atoms with Gasteiger partial charge in [0.25, 0.3) is 0 Å². The summed E-state index contributed by atoms with van der Waals surface area (Å²) in [5, 5.41) is 9.19.